The van der Waals surface area contributed by atoms with Crippen LogP contribution in [0.5, 0.6) is 0 Å². The van der Waals surface area contributed by atoms with Crippen LogP contribution in [-0.2, 0) is 14.3 Å². The highest BCUT2D eigenvalue weighted by Crippen LogP contribution is 2.16. The third-order valence-corrected chi connectivity index (χ3v) is 3.71. The number of hydrogen-bond acceptors (Lipinski definition) is 5. The lowest BCUT2D eigenvalue weighted by Gasteiger charge is -2.32. The highest BCUT2D eigenvalue weighted by molar-refractivity contribution is 5.80. The summed E-state index contributed by atoms with van der Waals surface area (Å²) in [4.78, 5) is 14.4. The van der Waals surface area contributed by atoms with E-state index in [4.69, 9.17) is 9.47 Å². The molecule has 1 fully saturated rings. The molecule has 0 radical (unpaired) electrons. The number of nitrogens with one attached hydrogen (secondary N) is 1. The molecule has 2 atom stereocenters. The molecular weight excluding hydrogens is 256 g/mol. The van der Waals surface area contributed by atoms with E-state index in [0.29, 0.717) is 0 Å². The smallest absolute Gasteiger partial charge is 0.325 e. The predicted molar refractivity (Wildman–Crippen MR) is 79.8 cm³/mol. The van der Waals surface area contributed by atoms with Crippen molar-refractivity contribution in [3.63, 3.8) is 0 Å². The zero-order valence-electron chi connectivity index (χ0n) is 13.6. The molecule has 1 aliphatic rings. The van der Waals surface area contributed by atoms with E-state index in [1.165, 1.54) is 7.11 Å². The molecule has 0 aromatic rings. The van der Waals surface area contributed by atoms with E-state index in [0.717, 1.165) is 39.1 Å². The first kappa shape index (κ1) is 17.4. The molecule has 0 aliphatic carbocycles. The summed E-state index contributed by atoms with van der Waals surface area (Å²) in [5.41, 5.74) is -0.626. The zero-order chi connectivity index (χ0) is 15.2. The maximum atomic E-state index is 12.0. The van der Waals surface area contributed by atoms with Crippen molar-refractivity contribution in [2.45, 2.75) is 58.2 Å². The largest absolute Gasteiger partial charge is 0.468 e. The number of carbonyl (C=O) groups is 1. The second-order valence-electron chi connectivity index (χ2n) is 6.21. The van der Waals surface area contributed by atoms with Gasteiger partial charge in [-0.1, -0.05) is 0 Å². The standard InChI is InChI=1S/C15H30N2O3/c1-12(2)16-15(4,14(18)19-5)7-9-17-8-6-10-20-13(3)11-17/h12-13,16H,6-11H2,1-5H3. The van der Waals surface area contributed by atoms with Gasteiger partial charge in [0, 0.05) is 32.3 Å². The first-order valence-electron chi connectivity index (χ1n) is 7.57. The molecule has 118 valence electrons. The molecule has 2 unspecified atom stereocenters. The Bertz CT molecular complexity index is 309. The summed E-state index contributed by atoms with van der Waals surface area (Å²) in [6.07, 6.45) is 2.06. The van der Waals surface area contributed by atoms with Crippen molar-refractivity contribution in [1.29, 1.82) is 0 Å². The van der Waals surface area contributed by atoms with Crippen molar-refractivity contribution in [1.82, 2.24) is 10.2 Å². The van der Waals surface area contributed by atoms with E-state index in [2.05, 4.69) is 17.1 Å². The number of nitrogens with zero attached hydrogens (tertiary/aromatic N) is 1. The third-order valence-electron chi connectivity index (χ3n) is 3.71. The van der Waals surface area contributed by atoms with Crippen LogP contribution in [0.4, 0.5) is 0 Å². The topological polar surface area (TPSA) is 50.8 Å². The number of hydrogen-bond donors (Lipinski definition) is 1. The Morgan fingerprint density at radius 3 is 2.85 bits per heavy atom. The van der Waals surface area contributed by atoms with Gasteiger partial charge in [-0.3, -0.25) is 10.1 Å². The van der Waals surface area contributed by atoms with Crippen molar-refractivity contribution < 1.29 is 14.3 Å². The number of esters is 1. The summed E-state index contributed by atoms with van der Waals surface area (Å²) >= 11 is 0. The van der Waals surface area contributed by atoms with Crippen molar-refractivity contribution in [3.05, 3.63) is 0 Å². The third kappa shape index (κ3) is 5.38. The van der Waals surface area contributed by atoms with Crippen LogP contribution in [0.2, 0.25) is 0 Å². The Balaban J connectivity index is 2.58. The van der Waals surface area contributed by atoms with Gasteiger partial charge in [0.2, 0.25) is 0 Å². The van der Waals surface area contributed by atoms with E-state index in [1.54, 1.807) is 0 Å². The zero-order valence-corrected chi connectivity index (χ0v) is 13.6. The Morgan fingerprint density at radius 2 is 2.25 bits per heavy atom. The fourth-order valence-electron chi connectivity index (χ4n) is 2.76. The van der Waals surface area contributed by atoms with E-state index < -0.39 is 5.54 Å². The maximum Gasteiger partial charge on any atom is 0.325 e. The highest BCUT2D eigenvalue weighted by Gasteiger charge is 2.35. The summed E-state index contributed by atoms with van der Waals surface area (Å²) in [6.45, 7) is 11.8. The Morgan fingerprint density at radius 1 is 1.55 bits per heavy atom. The molecule has 0 aromatic carbocycles. The molecule has 0 amide bonds. The van der Waals surface area contributed by atoms with Gasteiger partial charge in [-0.25, -0.2) is 0 Å². The molecular formula is C15H30N2O3. The van der Waals surface area contributed by atoms with Crippen LogP contribution in [0.25, 0.3) is 0 Å². The molecule has 0 aromatic heterocycles. The van der Waals surface area contributed by atoms with Crippen LogP contribution in [-0.4, -0.2) is 61.9 Å². The fourth-order valence-corrected chi connectivity index (χ4v) is 2.76. The lowest BCUT2D eigenvalue weighted by atomic mass is 9.96. The van der Waals surface area contributed by atoms with Crippen molar-refractivity contribution in [2.24, 2.45) is 0 Å². The normalized spacial score (nSPS) is 24.2. The van der Waals surface area contributed by atoms with Gasteiger partial charge in [0.1, 0.15) is 5.54 Å². The Labute approximate surface area is 123 Å². The highest BCUT2D eigenvalue weighted by atomic mass is 16.5. The molecule has 5 nitrogen and oxygen atoms in total. The molecule has 1 heterocycles. The molecule has 1 rings (SSSR count). The van der Waals surface area contributed by atoms with Crippen LogP contribution < -0.4 is 5.32 Å². The Kier molecular flexibility index (Phi) is 6.92. The van der Waals surface area contributed by atoms with Crippen LogP contribution in [0, 0.1) is 0 Å². The quantitative estimate of drug-likeness (QED) is 0.748. The van der Waals surface area contributed by atoms with Gasteiger partial charge in [0.05, 0.1) is 13.2 Å². The second-order valence-corrected chi connectivity index (χ2v) is 6.21. The summed E-state index contributed by atoms with van der Waals surface area (Å²) in [5, 5.41) is 3.34. The average Bonchev–Trinajstić information content (AvgIpc) is 2.59. The number of ether oxygens (including phenoxy) is 2. The molecule has 5 heteroatoms. The maximum absolute atomic E-state index is 12.0. The fraction of sp³-hybridized carbons (Fsp3) is 0.933. The monoisotopic (exact) mass is 286 g/mol. The van der Waals surface area contributed by atoms with Gasteiger partial charge >= 0.3 is 5.97 Å². The van der Waals surface area contributed by atoms with E-state index in [9.17, 15) is 4.79 Å². The minimum atomic E-state index is -0.626. The minimum Gasteiger partial charge on any atom is -0.468 e. The minimum absolute atomic E-state index is 0.190. The van der Waals surface area contributed by atoms with Gasteiger partial charge in [0.25, 0.3) is 0 Å². The summed E-state index contributed by atoms with van der Waals surface area (Å²) in [5.74, 6) is -0.190. The molecule has 1 saturated heterocycles. The summed E-state index contributed by atoms with van der Waals surface area (Å²) in [7, 11) is 1.45. The van der Waals surface area contributed by atoms with E-state index >= 15 is 0 Å². The van der Waals surface area contributed by atoms with Crippen molar-refractivity contribution in [3.8, 4) is 0 Å². The number of carbonyl (C=O) groups excluding carboxylic acids is 1. The second kappa shape index (κ2) is 7.96. The molecule has 0 bridgehead atoms. The molecule has 1 N–H and O–H groups in total. The van der Waals surface area contributed by atoms with Gasteiger partial charge < -0.3 is 14.4 Å². The molecule has 1 aliphatic heterocycles. The van der Waals surface area contributed by atoms with Crippen LogP contribution >= 0.6 is 0 Å². The SMILES string of the molecule is COC(=O)C(C)(CCN1CCCOC(C)C1)NC(C)C. The van der Waals surface area contributed by atoms with Gasteiger partial charge in [-0.05, 0) is 40.5 Å². The molecule has 0 saturated carbocycles. The average molecular weight is 286 g/mol. The lowest BCUT2D eigenvalue weighted by molar-refractivity contribution is -0.148. The first-order valence-corrected chi connectivity index (χ1v) is 7.57. The predicted octanol–water partition coefficient (Wildman–Crippen LogP) is 1.42. The summed E-state index contributed by atoms with van der Waals surface area (Å²) in [6, 6.07) is 0.241. The Hall–Kier alpha value is -0.650. The number of rotatable bonds is 6. The molecule has 20 heavy (non-hydrogen) atoms. The van der Waals surface area contributed by atoms with Crippen LogP contribution in [0.1, 0.15) is 40.5 Å². The van der Waals surface area contributed by atoms with Gasteiger partial charge in [-0.15, -0.1) is 0 Å². The van der Waals surface area contributed by atoms with Crippen LogP contribution in [0.3, 0.4) is 0 Å². The van der Waals surface area contributed by atoms with Gasteiger partial charge in [0.15, 0.2) is 0 Å². The van der Waals surface area contributed by atoms with E-state index in [1.807, 2.05) is 20.8 Å². The van der Waals surface area contributed by atoms with Crippen molar-refractivity contribution >= 4 is 5.97 Å². The van der Waals surface area contributed by atoms with Crippen LogP contribution in [0.15, 0.2) is 0 Å². The van der Waals surface area contributed by atoms with Gasteiger partial charge in [-0.2, -0.15) is 0 Å². The lowest BCUT2D eigenvalue weighted by Crippen LogP contribution is -2.54. The molecule has 0 spiro atoms. The number of methoxy groups -OCH3 is 1. The van der Waals surface area contributed by atoms with Crippen molar-refractivity contribution in [2.75, 3.05) is 33.4 Å². The first-order chi connectivity index (χ1) is 9.37. The van der Waals surface area contributed by atoms with E-state index in [-0.39, 0.29) is 18.1 Å². The summed E-state index contributed by atoms with van der Waals surface area (Å²) < 4.78 is 10.6.